The van der Waals surface area contributed by atoms with Gasteiger partial charge in [0.1, 0.15) is 0 Å². The summed E-state index contributed by atoms with van der Waals surface area (Å²) in [5.41, 5.74) is 1.92. The molecule has 2 aromatic heterocycles. The number of hydrogen-bond donors (Lipinski definition) is 0. The third-order valence-electron chi connectivity index (χ3n) is 4.57. The highest BCUT2D eigenvalue weighted by Crippen LogP contribution is 2.22. The van der Waals surface area contributed by atoms with Crippen molar-refractivity contribution in [3.05, 3.63) is 45.9 Å². The Morgan fingerprint density at radius 1 is 1.08 bits per heavy atom. The highest BCUT2D eigenvalue weighted by molar-refractivity contribution is 7.12. The maximum atomic E-state index is 12.4. The number of aryl methyl sites for hydroxylation is 2. The van der Waals surface area contributed by atoms with E-state index >= 15 is 0 Å². The molecule has 25 heavy (non-hydrogen) atoms. The van der Waals surface area contributed by atoms with Crippen molar-refractivity contribution < 1.29 is 9.59 Å². The van der Waals surface area contributed by atoms with E-state index in [-0.39, 0.29) is 11.7 Å². The van der Waals surface area contributed by atoms with Crippen LogP contribution in [0.5, 0.6) is 0 Å². The molecule has 0 bridgehead atoms. The van der Waals surface area contributed by atoms with Gasteiger partial charge in [-0.15, -0.1) is 11.3 Å². The molecule has 132 valence electrons. The van der Waals surface area contributed by atoms with Crippen molar-refractivity contribution in [1.82, 2.24) is 9.88 Å². The predicted octanol–water partition coefficient (Wildman–Crippen LogP) is 3.07. The van der Waals surface area contributed by atoms with Crippen molar-refractivity contribution in [2.75, 3.05) is 31.1 Å². The lowest BCUT2D eigenvalue weighted by molar-refractivity contribution is -0.131. The lowest BCUT2D eigenvalue weighted by Crippen LogP contribution is -2.48. The maximum absolute atomic E-state index is 12.4. The van der Waals surface area contributed by atoms with Gasteiger partial charge in [-0.1, -0.05) is 0 Å². The van der Waals surface area contributed by atoms with Gasteiger partial charge in [-0.2, -0.15) is 0 Å². The summed E-state index contributed by atoms with van der Waals surface area (Å²) in [6.45, 7) is 6.99. The van der Waals surface area contributed by atoms with E-state index in [2.05, 4.69) is 9.88 Å². The molecule has 0 spiro atoms. The van der Waals surface area contributed by atoms with Gasteiger partial charge in [-0.05, 0) is 32.0 Å². The topological polar surface area (TPSA) is 53.5 Å². The molecule has 0 saturated carbocycles. The fourth-order valence-electron chi connectivity index (χ4n) is 3.19. The summed E-state index contributed by atoms with van der Waals surface area (Å²) >= 11 is 1.63. The molecule has 3 heterocycles. The molecule has 0 radical (unpaired) electrons. The number of pyridine rings is 1. The Labute approximate surface area is 152 Å². The Bertz CT molecular complexity index is 749. The van der Waals surface area contributed by atoms with Crippen LogP contribution < -0.4 is 4.90 Å². The molecule has 1 saturated heterocycles. The first-order valence-electron chi connectivity index (χ1n) is 8.57. The molecule has 5 nitrogen and oxygen atoms in total. The van der Waals surface area contributed by atoms with E-state index in [0.29, 0.717) is 25.9 Å². The van der Waals surface area contributed by atoms with Gasteiger partial charge in [0.15, 0.2) is 5.78 Å². The molecule has 0 aliphatic carbocycles. The van der Waals surface area contributed by atoms with Gasteiger partial charge >= 0.3 is 0 Å². The Kier molecular flexibility index (Phi) is 5.48. The van der Waals surface area contributed by atoms with Crippen LogP contribution >= 0.6 is 11.3 Å². The minimum absolute atomic E-state index is 0.0746. The molecule has 1 aliphatic rings. The standard InChI is InChI=1S/C19H23N3O2S/c1-14-13-17(15(2)25-14)18(23)3-4-19(24)22-11-9-21(10-12-22)16-5-7-20-8-6-16/h5-8,13H,3-4,9-12H2,1-2H3. The number of hydrogen-bond acceptors (Lipinski definition) is 5. The molecule has 6 heteroatoms. The predicted molar refractivity (Wildman–Crippen MR) is 100 cm³/mol. The van der Waals surface area contributed by atoms with E-state index in [1.165, 1.54) is 0 Å². The zero-order valence-electron chi connectivity index (χ0n) is 14.7. The first-order valence-corrected chi connectivity index (χ1v) is 9.39. The summed E-state index contributed by atoms with van der Waals surface area (Å²) in [5.74, 6) is 0.151. The van der Waals surface area contributed by atoms with Gasteiger partial charge in [0.25, 0.3) is 0 Å². The molecular formula is C19H23N3O2S. The molecule has 1 fully saturated rings. The van der Waals surface area contributed by atoms with Crippen molar-refractivity contribution in [2.24, 2.45) is 0 Å². The number of thiophene rings is 1. The van der Waals surface area contributed by atoms with Crippen LogP contribution in [-0.4, -0.2) is 47.8 Å². The zero-order valence-corrected chi connectivity index (χ0v) is 15.5. The Morgan fingerprint density at radius 3 is 2.36 bits per heavy atom. The van der Waals surface area contributed by atoms with E-state index in [4.69, 9.17) is 0 Å². The number of carbonyl (C=O) groups is 2. The summed E-state index contributed by atoms with van der Waals surface area (Å²) in [7, 11) is 0. The SMILES string of the molecule is Cc1cc(C(=O)CCC(=O)N2CCN(c3ccncc3)CC2)c(C)s1. The molecule has 0 aromatic carbocycles. The number of anilines is 1. The van der Waals surface area contributed by atoms with E-state index in [0.717, 1.165) is 34.1 Å². The minimum atomic E-state index is 0.0746. The summed E-state index contributed by atoms with van der Waals surface area (Å²) in [6, 6.07) is 5.91. The van der Waals surface area contributed by atoms with E-state index in [1.807, 2.05) is 36.9 Å². The number of piperazine rings is 1. The van der Waals surface area contributed by atoms with E-state index in [1.54, 1.807) is 23.7 Å². The fourth-order valence-corrected chi connectivity index (χ4v) is 4.13. The highest BCUT2D eigenvalue weighted by Gasteiger charge is 2.22. The number of nitrogens with zero attached hydrogens (tertiary/aromatic N) is 3. The summed E-state index contributed by atoms with van der Waals surface area (Å²) in [6.07, 6.45) is 4.15. The number of amides is 1. The smallest absolute Gasteiger partial charge is 0.223 e. The van der Waals surface area contributed by atoms with Crippen molar-refractivity contribution in [1.29, 1.82) is 0 Å². The van der Waals surface area contributed by atoms with Crippen LogP contribution in [0.1, 0.15) is 33.0 Å². The van der Waals surface area contributed by atoms with Gasteiger partial charge in [-0.3, -0.25) is 14.6 Å². The molecule has 2 aromatic rings. The largest absolute Gasteiger partial charge is 0.368 e. The quantitative estimate of drug-likeness (QED) is 0.772. The van der Waals surface area contributed by atoms with Crippen LogP contribution in [0.4, 0.5) is 5.69 Å². The lowest BCUT2D eigenvalue weighted by atomic mass is 10.1. The normalized spacial score (nSPS) is 14.6. The molecule has 0 atom stereocenters. The summed E-state index contributed by atoms with van der Waals surface area (Å²) in [5, 5.41) is 0. The van der Waals surface area contributed by atoms with Crippen molar-refractivity contribution >= 4 is 28.7 Å². The molecular weight excluding hydrogens is 334 g/mol. The van der Waals surface area contributed by atoms with Crippen LogP contribution in [-0.2, 0) is 4.79 Å². The molecule has 1 aliphatic heterocycles. The number of aromatic nitrogens is 1. The number of Topliss-reactive ketones (excluding diaryl/α,β-unsaturated/α-hetero) is 1. The molecule has 1 amide bonds. The van der Waals surface area contributed by atoms with E-state index in [9.17, 15) is 9.59 Å². The molecule has 3 rings (SSSR count). The maximum Gasteiger partial charge on any atom is 0.223 e. The van der Waals surface area contributed by atoms with Gasteiger partial charge < -0.3 is 9.80 Å². The summed E-state index contributed by atoms with van der Waals surface area (Å²) < 4.78 is 0. The second-order valence-electron chi connectivity index (χ2n) is 6.32. The van der Waals surface area contributed by atoms with Crippen molar-refractivity contribution in [2.45, 2.75) is 26.7 Å². The second kappa shape index (κ2) is 7.78. The van der Waals surface area contributed by atoms with Crippen LogP contribution in [0, 0.1) is 13.8 Å². The van der Waals surface area contributed by atoms with Crippen LogP contribution in [0.25, 0.3) is 0 Å². The van der Waals surface area contributed by atoms with Gasteiger partial charge in [-0.25, -0.2) is 0 Å². The third-order valence-corrected chi connectivity index (χ3v) is 5.53. The molecule has 0 unspecified atom stereocenters. The van der Waals surface area contributed by atoms with Crippen LogP contribution in [0.2, 0.25) is 0 Å². The highest BCUT2D eigenvalue weighted by atomic mass is 32.1. The van der Waals surface area contributed by atoms with Crippen LogP contribution in [0.15, 0.2) is 30.6 Å². The lowest BCUT2D eigenvalue weighted by Gasteiger charge is -2.36. The first kappa shape index (κ1) is 17.6. The summed E-state index contributed by atoms with van der Waals surface area (Å²) in [4.78, 5) is 35.1. The van der Waals surface area contributed by atoms with Crippen LogP contribution in [0.3, 0.4) is 0 Å². The zero-order chi connectivity index (χ0) is 17.8. The monoisotopic (exact) mass is 357 g/mol. The molecule has 0 N–H and O–H groups in total. The average molecular weight is 357 g/mol. The Morgan fingerprint density at radius 2 is 1.76 bits per heavy atom. The number of carbonyl (C=O) groups excluding carboxylic acids is 2. The van der Waals surface area contributed by atoms with Gasteiger partial charge in [0.2, 0.25) is 5.91 Å². The number of ketones is 1. The van der Waals surface area contributed by atoms with Crippen molar-refractivity contribution in [3.63, 3.8) is 0 Å². The first-order chi connectivity index (χ1) is 12.0. The second-order valence-corrected chi connectivity index (χ2v) is 7.78. The number of rotatable bonds is 5. The third kappa shape index (κ3) is 4.25. The fraction of sp³-hybridized carbons (Fsp3) is 0.421. The van der Waals surface area contributed by atoms with Gasteiger partial charge in [0.05, 0.1) is 0 Å². The Balaban J connectivity index is 1.48. The average Bonchev–Trinajstić information content (AvgIpc) is 2.98. The Hall–Kier alpha value is -2.21. The van der Waals surface area contributed by atoms with Gasteiger partial charge in [0, 0.05) is 72.4 Å². The van der Waals surface area contributed by atoms with E-state index < -0.39 is 0 Å². The minimum Gasteiger partial charge on any atom is -0.368 e. The van der Waals surface area contributed by atoms with Crippen molar-refractivity contribution in [3.8, 4) is 0 Å².